The van der Waals surface area contributed by atoms with E-state index in [1.807, 2.05) is 6.08 Å². The normalized spacial score (nSPS) is 16.7. The number of H-pyrrole nitrogens is 1. The van der Waals surface area contributed by atoms with E-state index in [-0.39, 0.29) is 11.7 Å². The van der Waals surface area contributed by atoms with Gasteiger partial charge >= 0.3 is 11.8 Å². The lowest BCUT2D eigenvalue weighted by Gasteiger charge is -2.25. The molecule has 0 spiro atoms. The third kappa shape index (κ3) is 4.00. The summed E-state index contributed by atoms with van der Waals surface area (Å²) in [5.74, 6) is -4.91. The molecule has 7 nitrogen and oxygen atoms in total. The first kappa shape index (κ1) is 19.9. The molecule has 0 aromatic carbocycles. The van der Waals surface area contributed by atoms with E-state index in [2.05, 4.69) is 27.1 Å². The van der Waals surface area contributed by atoms with Gasteiger partial charge in [0.2, 0.25) is 5.91 Å². The van der Waals surface area contributed by atoms with Crippen LogP contribution in [-0.4, -0.2) is 45.0 Å². The van der Waals surface area contributed by atoms with Gasteiger partial charge in [0.25, 0.3) is 0 Å². The van der Waals surface area contributed by atoms with Crippen LogP contribution in [0.2, 0.25) is 0 Å². The van der Waals surface area contributed by atoms with Gasteiger partial charge in [0.15, 0.2) is 5.82 Å². The van der Waals surface area contributed by atoms with Crippen LogP contribution < -0.4 is 5.32 Å². The molecule has 0 saturated heterocycles. The standard InChI is InChI=1S/C21H21F2N5O2/c1-2-19(29)28-9-7-14(8-10-28)16-6-5-15(12-24-16)21(22,23)20(30)25-18-11-17(26-27-18)13-3-4-13/h2,5-7,11-13H,1,3-4,8-10H2,(H2,25,26,27,30). The van der Waals surface area contributed by atoms with Crippen molar-refractivity contribution in [3.05, 3.63) is 60.1 Å². The third-order valence-corrected chi connectivity index (χ3v) is 5.29. The Morgan fingerprint density at radius 3 is 2.73 bits per heavy atom. The lowest BCUT2D eigenvalue weighted by molar-refractivity contribution is -0.141. The van der Waals surface area contributed by atoms with Crippen LogP contribution in [0.1, 0.15) is 42.1 Å². The van der Waals surface area contributed by atoms with E-state index in [1.54, 1.807) is 11.0 Å². The minimum atomic E-state index is -3.75. The van der Waals surface area contributed by atoms with Crippen molar-refractivity contribution in [2.45, 2.75) is 31.1 Å². The summed E-state index contributed by atoms with van der Waals surface area (Å²) in [6, 6.07) is 4.25. The van der Waals surface area contributed by atoms with E-state index in [0.29, 0.717) is 31.1 Å². The maximum atomic E-state index is 14.6. The number of aromatic nitrogens is 3. The zero-order chi connectivity index (χ0) is 21.3. The molecule has 2 aliphatic rings. The van der Waals surface area contributed by atoms with Crippen LogP contribution in [0.4, 0.5) is 14.6 Å². The molecule has 9 heteroatoms. The summed E-state index contributed by atoms with van der Waals surface area (Å²) in [6.07, 6.45) is 6.73. The first-order valence-electron chi connectivity index (χ1n) is 9.70. The van der Waals surface area contributed by atoms with Gasteiger partial charge in [-0.2, -0.15) is 13.9 Å². The van der Waals surface area contributed by atoms with Crippen LogP contribution >= 0.6 is 0 Å². The van der Waals surface area contributed by atoms with Crippen molar-refractivity contribution in [1.82, 2.24) is 20.1 Å². The number of aromatic amines is 1. The number of nitrogens with zero attached hydrogens (tertiary/aromatic N) is 3. The number of nitrogens with one attached hydrogen (secondary N) is 2. The van der Waals surface area contributed by atoms with Gasteiger partial charge in [-0.3, -0.25) is 19.7 Å². The smallest absolute Gasteiger partial charge is 0.335 e. The van der Waals surface area contributed by atoms with Gasteiger partial charge in [0.1, 0.15) is 0 Å². The highest BCUT2D eigenvalue weighted by Crippen LogP contribution is 2.39. The Balaban J connectivity index is 1.43. The number of alkyl halides is 2. The molecule has 1 saturated carbocycles. The summed E-state index contributed by atoms with van der Waals surface area (Å²) in [5.41, 5.74) is 1.75. The summed E-state index contributed by atoms with van der Waals surface area (Å²) in [5, 5.41) is 8.81. The van der Waals surface area contributed by atoms with Crippen molar-refractivity contribution >= 4 is 23.2 Å². The number of pyridine rings is 1. The molecule has 156 valence electrons. The van der Waals surface area contributed by atoms with Crippen molar-refractivity contribution in [1.29, 1.82) is 0 Å². The van der Waals surface area contributed by atoms with Crippen molar-refractivity contribution in [2.24, 2.45) is 0 Å². The number of anilines is 1. The molecular weight excluding hydrogens is 392 g/mol. The highest BCUT2D eigenvalue weighted by Gasteiger charge is 2.42. The maximum absolute atomic E-state index is 14.6. The van der Waals surface area contributed by atoms with Gasteiger partial charge < -0.3 is 10.2 Å². The summed E-state index contributed by atoms with van der Waals surface area (Å²) in [6.45, 7) is 4.38. The predicted molar refractivity (Wildman–Crippen MR) is 107 cm³/mol. The molecule has 30 heavy (non-hydrogen) atoms. The van der Waals surface area contributed by atoms with Crippen LogP contribution in [0.15, 0.2) is 43.1 Å². The molecule has 0 radical (unpaired) electrons. The van der Waals surface area contributed by atoms with Gasteiger partial charge in [-0.05, 0) is 43.0 Å². The second-order valence-corrected chi connectivity index (χ2v) is 7.41. The molecule has 2 amide bonds. The van der Waals surface area contributed by atoms with E-state index in [0.717, 1.165) is 30.3 Å². The van der Waals surface area contributed by atoms with Crippen LogP contribution in [0.25, 0.3) is 5.57 Å². The monoisotopic (exact) mass is 413 g/mol. The van der Waals surface area contributed by atoms with Gasteiger partial charge in [-0.1, -0.05) is 12.7 Å². The minimum absolute atomic E-state index is 0.0807. The minimum Gasteiger partial charge on any atom is -0.335 e. The second-order valence-electron chi connectivity index (χ2n) is 7.41. The fourth-order valence-electron chi connectivity index (χ4n) is 3.33. The quantitative estimate of drug-likeness (QED) is 0.712. The highest BCUT2D eigenvalue weighted by atomic mass is 19.3. The lowest BCUT2D eigenvalue weighted by atomic mass is 10.0. The fraction of sp³-hybridized carbons (Fsp3) is 0.333. The number of carbonyl (C=O) groups excluding carboxylic acids is 2. The number of rotatable bonds is 6. The Morgan fingerprint density at radius 1 is 1.33 bits per heavy atom. The number of amides is 2. The number of carbonyl (C=O) groups is 2. The van der Waals surface area contributed by atoms with E-state index in [9.17, 15) is 18.4 Å². The maximum Gasteiger partial charge on any atom is 0.351 e. The zero-order valence-corrected chi connectivity index (χ0v) is 16.2. The Hall–Kier alpha value is -3.36. The van der Waals surface area contributed by atoms with E-state index in [4.69, 9.17) is 0 Å². The highest BCUT2D eigenvalue weighted by molar-refractivity contribution is 5.96. The average molecular weight is 413 g/mol. The number of hydrogen-bond acceptors (Lipinski definition) is 4. The number of hydrogen-bond donors (Lipinski definition) is 2. The molecule has 2 aromatic heterocycles. The fourth-order valence-corrected chi connectivity index (χ4v) is 3.33. The molecule has 4 rings (SSSR count). The first-order valence-corrected chi connectivity index (χ1v) is 9.70. The van der Waals surface area contributed by atoms with Gasteiger partial charge in [0.05, 0.1) is 5.69 Å². The molecule has 0 bridgehead atoms. The zero-order valence-electron chi connectivity index (χ0n) is 16.2. The Kier molecular flexibility index (Phi) is 5.19. The SMILES string of the molecule is C=CC(=O)N1CC=C(c2ccc(C(F)(F)C(=O)Nc3cc(C4CC4)[nH]n3)cn2)CC1. The van der Waals surface area contributed by atoms with Crippen molar-refractivity contribution in [3.63, 3.8) is 0 Å². The predicted octanol–water partition coefficient (Wildman–Crippen LogP) is 3.21. The van der Waals surface area contributed by atoms with Crippen molar-refractivity contribution < 1.29 is 18.4 Å². The third-order valence-electron chi connectivity index (χ3n) is 5.29. The largest absolute Gasteiger partial charge is 0.351 e. The molecule has 1 aliphatic carbocycles. The molecule has 0 unspecified atom stereocenters. The van der Waals surface area contributed by atoms with Crippen LogP contribution in [0.3, 0.4) is 0 Å². The molecule has 1 fully saturated rings. The summed E-state index contributed by atoms with van der Waals surface area (Å²) < 4.78 is 29.2. The molecule has 1 aliphatic heterocycles. The lowest BCUT2D eigenvalue weighted by Crippen LogP contribution is -2.33. The topological polar surface area (TPSA) is 91.0 Å². The second kappa shape index (κ2) is 7.81. The van der Waals surface area contributed by atoms with Crippen LogP contribution in [0.5, 0.6) is 0 Å². The first-order chi connectivity index (χ1) is 14.4. The average Bonchev–Trinajstić information content (AvgIpc) is 3.52. The molecule has 2 N–H and O–H groups in total. The van der Waals surface area contributed by atoms with Gasteiger partial charge in [0, 0.05) is 42.5 Å². The Bertz CT molecular complexity index is 1010. The Labute approximate surface area is 171 Å². The van der Waals surface area contributed by atoms with E-state index < -0.39 is 17.4 Å². The molecule has 2 aromatic rings. The van der Waals surface area contributed by atoms with Crippen LogP contribution in [0, 0.1) is 0 Å². The molecular formula is C21H21F2N5O2. The molecule has 3 heterocycles. The Morgan fingerprint density at radius 2 is 2.13 bits per heavy atom. The van der Waals surface area contributed by atoms with Crippen LogP contribution in [-0.2, 0) is 15.5 Å². The summed E-state index contributed by atoms with van der Waals surface area (Å²) >= 11 is 0. The van der Waals surface area contributed by atoms with E-state index >= 15 is 0 Å². The number of halogens is 2. The van der Waals surface area contributed by atoms with Crippen molar-refractivity contribution in [2.75, 3.05) is 18.4 Å². The van der Waals surface area contributed by atoms with Gasteiger partial charge in [-0.15, -0.1) is 0 Å². The molecule has 0 atom stereocenters. The van der Waals surface area contributed by atoms with E-state index in [1.165, 1.54) is 18.2 Å². The summed E-state index contributed by atoms with van der Waals surface area (Å²) in [7, 11) is 0. The van der Waals surface area contributed by atoms with Crippen molar-refractivity contribution in [3.8, 4) is 0 Å². The van der Waals surface area contributed by atoms with Gasteiger partial charge in [-0.25, -0.2) is 0 Å². The summed E-state index contributed by atoms with van der Waals surface area (Å²) in [4.78, 5) is 29.5.